The highest BCUT2D eigenvalue weighted by Crippen LogP contribution is 2.36. The Morgan fingerprint density at radius 1 is 1.18 bits per heavy atom. The predicted octanol–water partition coefficient (Wildman–Crippen LogP) is 1.67. The Morgan fingerprint density at radius 2 is 1.91 bits per heavy atom. The number of halogens is 2. The lowest BCUT2D eigenvalue weighted by Crippen LogP contribution is -2.70. The number of piperidine rings is 1. The number of amides is 1. The van der Waals surface area contributed by atoms with Gasteiger partial charge in [-0.3, -0.25) is 19.3 Å². The molecule has 2 aliphatic heterocycles. The molecule has 0 aliphatic carbocycles. The van der Waals surface area contributed by atoms with Crippen molar-refractivity contribution < 1.29 is 18.7 Å². The Morgan fingerprint density at radius 3 is 2.62 bits per heavy atom. The van der Waals surface area contributed by atoms with Crippen LogP contribution >= 0.6 is 11.3 Å². The molecule has 34 heavy (non-hydrogen) atoms. The zero-order chi connectivity index (χ0) is 24.2. The monoisotopic (exact) mass is 488 g/mol. The standard InChI is InChI=1S/C22H22F2N6O3S/c1-28-21(33)17-19(32)18(31)14(11-30(17)29(2)22(28)5-7-25-8-6-22)20-27-26-16(34-20)9-12-3-4-13(23)10-15(12)24/h3-4,10-11,25,32H,5-9H2,1-2H3. The van der Waals surface area contributed by atoms with Gasteiger partial charge in [-0.25, -0.2) is 8.78 Å². The van der Waals surface area contributed by atoms with Crippen LogP contribution in [0.2, 0.25) is 0 Å². The van der Waals surface area contributed by atoms with Crippen LogP contribution in [0.5, 0.6) is 5.75 Å². The molecule has 4 heterocycles. The van der Waals surface area contributed by atoms with E-state index in [1.54, 1.807) is 11.9 Å². The first-order valence-electron chi connectivity index (χ1n) is 10.7. The van der Waals surface area contributed by atoms with E-state index in [4.69, 9.17) is 0 Å². The van der Waals surface area contributed by atoms with Crippen molar-refractivity contribution in [2.24, 2.45) is 0 Å². The van der Waals surface area contributed by atoms with Gasteiger partial charge in [0.2, 0.25) is 5.43 Å². The summed E-state index contributed by atoms with van der Waals surface area (Å²) < 4.78 is 28.7. The summed E-state index contributed by atoms with van der Waals surface area (Å²) in [6.45, 7) is 1.44. The van der Waals surface area contributed by atoms with Crippen LogP contribution in [0.3, 0.4) is 0 Å². The van der Waals surface area contributed by atoms with E-state index >= 15 is 0 Å². The van der Waals surface area contributed by atoms with Crippen LogP contribution in [0, 0.1) is 11.6 Å². The number of carbonyl (C=O) groups excluding carboxylic acids is 1. The van der Waals surface area contributed by atoms with Gasteiger partial charge in [0.25, 0.3) is 5.91 Å². The zero-order valence-corrected chi connectivity index (χ0v) is 19.3. The Labute approximate surface area is 197 Å². The van der Waals surface area contributed by atoms with Gasteiger partial charge < -0.3 is 15.3 Å². The summed E-state index contributed by atoms with van der Waals surface area (Å²) in [5.74, 6) is -2.47. The number of aromatic nitrogens is 3. The number of rotatable bonds is 3. The Hall–Kier alpha value is -3.38. The van der Waals surface area contributed by atoms with Crippen LogP contribution in [0.4, 0.5) is 8.78 Å². The zero-order valence-electron chi connectivity index (χ0n) is 18.5. The van der Waals surface area contributed by atoms with Gasteiger partial charge in [-0.15, -0.1) is 10.2 Å². The van der Waals surface area contributed by atoms with Gasteiger partial charge in [0.1, 0.15) is 22.3 Å². The number of nitrogens with one attached hydrogen (secondary N) is 1. The molecule has 178 valence electrons. The van der Waals surface area contributed by atoms with Crippen molar-refractivity contribution in [3.8, 4) is 16.3 Å². The summed E-state index contributed by atoms with van der Waals surface area (Å²) in [7, 11) is 3.49. The van der Waals surface area contributed by atoms with E-state index in [1.165, 1.54) is 16.9 Å². The Kier molecular flexibility index (Phi) is 5.36. The maximum Gasteiger partial charge on any atom is 0.278 e. The van der Waals surface area contributed by atoms with Crippen molar-refractivity contribution in [1.29, 1.82) is 0 Å². The average Bonchev–Trinajstić information content (AvgIpc) is 3.29. The van der Waals surface area contributed by atoms with Crippen LogP contribution in [-0.4, -0.2) is 63.6 Å². The molecule has 2 aromatic heterocycles. The van der Waals surface area contributed by atoms with Crippen LogP contribution < -0.4 is 15.8 Å². The van der Waals surface area contributed by atoms with Crippen LogP contribution in [0.15, 0.2) is 29.2 Å². The third-order valence-corrected chi connectivity index (χ3v) is 7.64. The van der Waals surface area contributed by atoms with Crippen molar-refractivity contribution in [2.75, 3.05) is 32.2 Å². The number of benzene rings is 1. The fourth-order valence-electron chi connectivity index (χ4n) is 4.69. The van der Waals surface area contributed by atoms with Crippen molar-refractivity contribution in [1.82, 2.24) is 25.1 Å². The second kappa shape index (κ2) is 8.13. The Bertz CT molecular complexity index is 1350. The summed E-state index contributed by atoms with van der Waals surface area (Å²) >= 11 is 1.07. The number of fused-ring (bicyclic) bond motifs is 1. The van der Waals surface area contributed by atoms with E-state index in [0.717, 1.165) is 36.6 Å². The lowest BCUT2D eigenvalue weighted by molar-refractivity contribution is 0.0270. The molecule has 0 unspecified atom stereocenters. The fourth-order valence-corrected chi connectivity index (χ4v) is 5.56. The largest absolute Gasteiger partial charge is 0.502 e. The van der Waals surface area contributed by atoms with E-state index < -0.39 is 34.4 Å². The first kappa shape index (κ1) is 22.4. The summed E-state index contributed by atoms with van der Waals surface area (Å²) in [5.41, 5.74) is -1.13. The minimum Gasteiger partial charge on any atom is -0.502 e. The molecular formula is C22H22F2N6O3S. The van der Waals surface area contributed by atoms with Crippen LogP contribution in [0.25, 0.3) is 10.6 Å². The number of hydrogen-bond donors (Lipinski definition) is 2. The maximum atomic E-state index is 14.0. The second-order valence-electron chi connectivity index (χ2n) is 8.45. The number of carbonyl (C=O) groups is 1. The molecule has 5 rings (SSSR count). The summed E-state index contributed by atoms with van der Waals surface area (Å²) in [5, 5.41) is 24.6. The van der Waals surface area contributed by atoms with E-state index in [-0.39, 0.29) is 28.2 Å². The van der Waals surface area contributed by atoms with E-state index in [9.17, 15) is 23.5 Å². The summed E-state index contributed by atoms with van der Waals surface area (Å²) in [6.07, 6.45) is 2.90. The molecule has 1 saturated heterocycles. The third kappa shape index (κ3) is 3.36. The first-order valence-corrected chi connectivity index (χ1v) is 11.5. The molecule has 0 bridgehead atoms. The normalized spacial score (nSPS) is 17.4. The minimum absolute atomic E-state index is 0.0708. The molecule has 2 N–H and O–H groups in total. The summed E-state index contributed by atoms with van der Waals surface area (Å²) in [4.78, 5) is 27.8. The number of nitrogens with zero attached hydrogens (tertiary/aromatic N) is 5. The molecule has 9 nitrogen and oxygen atoms in total. The lowest BCUT2D eigenvalue weighted by atomic mass is 9.94. The molecule has 2 aliphatic rings. The molecular weight excluding hydrogens is 466 g/mol. The molecule has 12 heteroatoms. The second-order valence-corrected chi connectivity index (χ2v) is 9.51. The topological polar surface area (TPSA) is 104 Å². The number of aromatic hydroxyl groups is 1. The van der Waals surface area contributed by atoms with Gasteiger partial charge in [0.05, 0.1) is 5.56 Å². The van der Waals surface area contributed by atoms with Gasteiger partial charge in [-0.2, -0.15) is 0 Å². The SMILES string of the molecule is CN1C(=O)c2c(O)c(=O)c(-c3nnc(Cc4ccc(F)cc4F)s3)cn2N(C)C12CCNCC2. The average molecular weight is 489 g/mol. The van der Waals surface area contributed by atoms with E-state index in [0.29, 0.717) is 17.8 Å². The quantitative estimate of drug-likeness (QED) is 0.578. The van der Waals surface area contributed by atoms with Crippen molar-refractivity contribution in [3.05, 3.63) is 62.5 Å². The van der Waals surface area contributed by atoms with Crippen LogP contribution in [-0.2, 0) is 6.42 Å². The van der Waals surface area contributed by atoms with E-state index in [1.807, 2.05) is 12.1 Å². The molecule has 1 aromatic carbocycles. The third-order valence-electron chi connectivity index (χ3n) is 6.68. The Balaban J connectivity index is 1.56. The minimum atomic E-state index is -0.738. The lowest BCUT2D eigenvalue weighted by Gasteiger charge is -2.54. The molecule has 0 atom stereocenters. The fraction of sp³-hybridized carbons (Fsp3) is 0.364. The van der Waals surface area contributed by atoms with Crippen molar-refractivity contribution >= 4 is 17.2 Å². The van der Waals surface area contributed by atoms with E-state index in [2.05, 4.69) is 15.5 Å². The van der Waals surface area contributed by atoms with Gasteiger partial charge >= 0.3 is 0 Å². The number of hydrogen-bond acceptors (Lipinski definition) is 8. The molecule has 3 aromatic rings. The van der Waals surface area contributed by atoms with Crippen LogP contribution in [0.1, 0.15) is 33.9 Å². The van der Waals surface area contributed by atoms with Crippen molar-refractivity contribution in [3.63, 3.8) is 0 Å². The number of pyridine rings is 1. The molecule has 0 radical (unpaired) electrons. The molecule has 1 spiro atoms. The van der Waals surface area contributed by atoms with Gasteiger partial charge in [-0.05, 0) is 24.7 Å². The molecule has 1 amide bonds. The first-order chi connectivity index (χ1) is 16.2. The summed E-state index contributed by atoms with van der Waals surface area (Å²) in [6, 6.07) is 3.29. The predicted molar refractivity (Wildman–Crippen MR) is 122 cm³/mol. The van der Waals surface area contributed by atoms with Crippen molar-refractivity contribution in [2.45, 2.75) is 24.9 Å². The van der Waals surface area contributed by atoms with Gasteiger partial charge in [-0.1, -0.05) is 17.4 Å². The molecule has 1 fully saturated rings. The smallest absolute Gasteiger partial charge is 0.278 e. The van der Waals surface area contributed by atoms with Gasteiger partial charge in [0, 0.05) is 45.6 Å². The molecule has 0 saturated carbocycles. The highest BCUT2D eigenvalue weighted by atomic mass is 32.1. The maximum absolute atomic E-state index is 14.0. The highest BCUT2D eigenvalue weighted by molar-refractivity contribution is 7.14. The highest BCUT2D eigenvalue weighted by Gasteiger charge is 2.48. The van der Waals surface area contributed by atoms with Gasteiger partial charge in [0.15, 0.2) is 16.5 Å².